The van der Waals surface area contributed by atoms with Crippen LogP contribution in [0.4, 0.5) is 15.2 Å². The smallest absolute Gasteiger partial charge is 0.234 e. The van der Waals surface area contributed by atoms with Crippen molar-refractivity contribution in [2.24, 2.45) is 11.1 Å². The van der Waals surface area contributed by atoms with E-state index in [4.69, 9.17) is 28.9 Å². The van der Waals surface area contributed by atoms with E-state index in [1.54, 1.807) is 29.2 Å². The number of ketones is 1. The SMILES string of the molecule is CC1(C)CC(=O)C2=C(C1)N(c1nnc(SCC(=O)Nc3ccc(Cl)cc3Cl)s1)C(N)=C(C#N)C2c1ccc(F)cc1. The van der Waals surface area contributed by atoms with Crippen molar-refractivity contribution in [1.82, 2.24) is 10.2 Å². The number of anilines is 2. The number of allylic oxidation sites excluding steroid dienone is 3. The van der Waals surface area contributed by atoms with Gasteiger partial charge in [0.05, 0.1) is 34.0 Å². The molecule has 5 rings (SSSR count). The lowest BCUT2D eigenvalue weighted by atomic mass is 9.69. The Morgan fingerprint density at radius 1 is 1.24 bits per heavy atom. The topological polar surface area (TPSA) is 125 Å². The van der Waals surface area contributed by atoms with Crippen LogP contribution < -0.4 is 16.0 Å². The summed E-state index contributed by atoms with van der Waals surface area (Å²) in [6.45, 7) is 3.98. The second-order valence-electron chi connectivity index (χ2n) is 10.3. The minimum Gasteiger partial charge on any atom is -0.384 e. The number of hydrogen-bond acceptors (Lipinski definition) is 9. The summed E-state index contributed by atoms with van der Waals surface area (Å²) in [6.07, 6.45) is 0.789. The minimum atomic E-state index is -0.722. The highest BCUT2D eigenvalue weighted by Crippen LogP contribution is 2.50. The first-order valence-corrected chi connectivity index (χ1v) is 15.0. The van der Waals surface area contributed by atoms with Gasteiger partial charge in [-0.25, -0.2) is 4.39 Å². The number of hydrogen-bond donors (Lipinski definition) is 2. The van der Waals surface area contributed by atoms with Gasteiger partial charge in [-0.05, 0) is 47.7 Å². The Balaban J connectivity index is 1.45. The summed E-state index contributed by atoms with van der Waals surface area (Å²) in [5.41, 5.74) is 8.55. The molecule has 0 fully saturated rings. The Hall–Kier alpha value is -3.43. The van der Waals surface area contributed by atoms with Crippen molar-refractivity contribution in [2.45, 2.75) is 36.9 Å². The van der Waals surface area contributed by atoms with E-state index in [-0.39, 0.29) is 34.3 Å². The Morgan fingerprint density at radius 3 is 2.66 bits per heavy atom. The summed E-state index contributed by atoms with van der Waals surface area (Å²) in [7, 11) is 0. The quantitative estimate of drug-likeness (QED) is 0.290. The number of nitrogens with two attached hydrogens (primary N) is 1. The van der Waals surface area contributed by atoms with Crippen LogP contribution in [0.3, 0.4) is 0 Å². The molecule has 1 aliphatic heterocycles. The Bertz CT molecular complexity index is 1660. The number of aromatic nitrogens is 2. The second-order valence-corrected chi connectivity index (χ2v) is 13.4. The van der Waals surface area contributed by atoms with Crippen molar-refractivity contribution in [2.75, 3.05) is 16.0 Å². The van der Waals surface area contributed by atoms with Gasteiger partial charge >= 0.3 is 0 Å². The lowest BCUT2D eigenvalue weighted by Crippen LogP contribution is -2.42. The summed E-state index contributed by atoms with van der Waals surface area (Å²) in [5, 5.41) is 22.6. The van der Waals surface area contributed by atoms with Gasteiger partial charge in [-0.15, -0.1) is 10.2 Å². The molecule has 41 heavy (non-hydrogen) atoms. The standard InChI is InChI=1S/C28H23Cl2FN6O2S2/c1-28(2)10-20-24(21(38)11-28)23(14-3-6-16(31)7-4-14)17(12-32)25(33)37(20)26-35-36-27(41-26)40-13-22(39)34-19-8-5-15(29)9-18(19)30/h3-9,23H,10-11,13,33H2,1-2H3,(H,34,39). The van der Waals surface area contributed by atoms with E-state index >= 15 is 0 Å². The maximum atomic E-state index is 13.7. The first-order chi connectivity index (χ1) is 19.5. The predicted molar refractivity (Wildman–Crippen MR) is 159 cm³/mol. The number of carbonyl (C=O) groups excluding carboxylic acids is 2. The molecular weight excluding hydrogens is 606 g/mol. The highest BCUT2D eigenvalue weighted by molar-refractivity contribution is 8.01. The average Bonchev–Trinajstić information content (AvgIpc) is 3.37. The fraction of sp³-hybridized carbons (Fsp3) is 0.250. The van der Waals surface area contributed by atoms with E-state index in [0.29, 0.717) is 54.9 Å². The van der Waals surface area contributed by atoms with Crippen molar-refractivity contribution in [3.8, 4) is 6.07 Å². The number of nitriles is 1. The highest BCUT2D eigenvalue weighted by Gasteiger charge is 2.45. The van der Waals surface area contributed by atoms with Gasteiger partial charge in [0.2, 0.25) is 11.0 Å². The maximum Gasteiger partial charge on any atom is 0.234 e. The lowest BCUT2D eigenvalue weighted by Gasteiger charge is -2.42. The van der Waals surface area contributed by atoms with Gasteiger partial charge in [0.15, 0.2) is 10.1 Å². The van der Waals surface area contributed by atoms with E-state index in [0.717, 1.165) is 0 Å². The van der Waals surface area contributed by atoms with Crippen LogP contribution in [-0.4, -0.2) is 27.6 Å². The van der Waals surface area contributed by atoms with Crippen LogP contribution >= 0.6 is 46.3 Å². The molecule has 1 atom stereocenters. The van der Waals surface area contributed by atoms with Crippen LogP contribution in [0.25, 0.3) is 0 Å². The molecule has 1 aromatic heterocycles. The molecule has 1 unspecified atom stereocenters. The molecule has 1 amide bonds. The second kappa shape index (κ2) is 11.4. The van der Waals surface area contributed by atoms with E-state index in [9.17, 15) is 19.2 Å². The Morgan fingerprint density at radius 2 is 1.98 bits per heavy atom. The van der Waals surface area contributed by atoms with Crippen LogP contribution in [0.2, 0.25) is 10.0 Å². The molecule has 2 aromatic carbocycles. The van der Waals surface area contributed by atoms with Crippen molar-refractivity contribution in [1.29, 1.82) is 5.26 Å². The van der Waals surface area contributed by atoms with Crippen LogP contribution in [0.5, 0.6) is 0 Å². The molecule has 0 radical (unpaired) electrons. The number of halogens is 3. The zero-order valence-electron chi connectivity index (χ0n) is 21.9. The zero-order valence-corrected chi connectivity index (χ0v) is 25.0. The van der Waals surface area contributed by atoms with Crippen LogP contribution in [0.1, 0.15) is 38.2 Å². The van der Waals surface area contributed by atoms with Gasteiger partial charge in [0.25, 0.3) is 0 Å². The molecule has 13 heteroatoms. The lowest BCUT2D eigenvalue weighted by molar-refractivity contribution is -0.118. The molecule has 0 bridgehead atoms. The predicted octanol–water partition coefficient (Wildman–Crippen LogP) is 6.66. The molecule has 210 valence electrons. The summed E-state index contributed by atoms with van der Waals surface area (Å²) in [6, 6.07) is 12.7. The Labute approximate surface area is 254 Å². The summed E-state index contributed by atoms with van der Waals surface area (Å²) in [5.74, 6) is -1.38. The molecule has 2 aliphatic rings. The normalized spacial score (nSPS) is 18.3. The van der Waals surface area contributed by atoms with Gasteiger partial charge < -0.3 is 11.1 Å². The number of Topliss-reactive ketones (excluding diaryl/α,β-unsaturated/α-hetero) is 1. The molecule has 0 spiro atoms. The van der Waals surface area contributed by atoms with Crippen LogP contribution in [-0.2, 0) is 9.59 Å². The molecular formula is C28H23Cl2FN6O2S2. The zero-order chi connectivity index (χ0) is 29.5. The Kier molecular flexibility index (Phi) is 8.12. The third-order valence-corrected chi connectivity index (χ3v) is 9.29. The van der Waals surface area contributed by atoms with Gasteiger partial charge in [-0.1, -0.05) is 72.3 Å². The molecule has 0 saturated carbocycles. The van der Waals surface area contributed by atoms with E-state index < -0.39 is 11.7 Å². The summed E-state index contributed by atoms with van der Waals surface area (Å²) >= 11 is 14.4. The molecule has 2 heterocycles. The first-order valence-electron chi connectivity index (χ1n) is 12.4. The van der Waals surface area contributed by atoms with Crippen molar-refractivity contribution < 1.29 is 14.0 Å². The molecule has 0 saturated heterocycles. The number of nitrogens with one attached hydrogen (secondary N) is 1. The van der Waals surface area contributed by atoms with Gasteiger partial charge in [0, 0.05) is 22.7 Å². The fourth-order valence-corrected chi connectivity index (χ4v) is 7.11. The van der Waals surface area contributed by atoms with E-state index in [1.165, 1.54) is 41.3 Å². The molecule has 1 aliphatic carbocycles. The van der Waals surface area contributed by atoms with Crippen LogP contribution in [0, 0.1) is 22.6 Å². The number of nitrogens with zero attached hydrogens (tertiary/aromatic N) is 4. The summed E-state index contributed by atoms with van der Waals surface area (Å²) < 4.78 is 14.2. The van der Waals surface area contributed by atoms with E-state index in [1.807, 2.05) is 13.8 Å². The maximum absolute atomic E-state index is 13.7. The van der Waals surface area contributed by atoms with Gasteiger partial charge in [-0.3, -0.25) is 14.5 Å². The largest absolute Gasteiger partial charge is 0.384 e. The fourth-order valence-electron chi connectivity index (χ4n) is 4.97. The number of thioether (sulfide) groups is 1. The molecule has 3 aromatic rings. The van der Waals surface area contributed by atoms with E-state index in [2.05, 4.69) is 21.6 Å². The van der Waals surface area contributed by atoms with Gasteiger partial charge in [-0.2, -0.15) is 5.26 Å². The average molecular weight is 630 g/mol. The summed E-state index contributed by atoms with van der Waals surface area (Å²) in [4.78, 5) is 27.8. The van der Waals surface area contributed by atoms with Crippen LogP contribution in [0.15, 0.2) is 69.5 Å². The monoisotopic (exact) mass is 628 g/mol. The van der Waals surface area contributed by atoms with Gasteiger partial charge in [0.1, 0.15) is 11.6 Å². The minimum absolute atomic E-state index is 0.0362. The third kappa shape index (κ3) is 5.97. The first kappa shape index (κ1) is 29.1. The number of amides is 1. The van der Waals surface area contributed by atoms with Crippen molar-refractivity contribution in [3.05, 3.63) is 86.6 Å². The highest BCUT2D eigenvalue weighted by atomic mass is 35.5. The number of benzene rings is 2. The molecule has 8 nitrogen and oxygen atoms in total. The van der Waals surface area contributed by atoms with Crippen molar-refractivity contribution >= 4 is 68.8 Å². The number of carbonyl (C=O) groups is 2. The molecule has 3 N–H and O–H groups in total. The van der Waals surface area contributed by atoms with Crippen molar-refractivity contribution in [3.63, 3.8) is 0 Å². The number of rotatable bonds is 6. The third-order valence-electron chi connectivity index (χ3n) is 6.70.